The largest absolute Gasteiger partial charge is 0.341 e. The molecular formula is C16H28N6O2. The van der Waals surface area contributed by atoms with Crippen molar-refractivity contribution >= 4 is 17.8 Å². The quantitative estimate of drug-likeness (QED) is 0.806. The number of nitrogens with one attached hydrogen (secondary N) is 1. The summed E-state index contributed by atoms with van der Waals surface area (Å²) in [6, 6.07) is -0.597. The van der Waals surface area contributed by atoms with Gasteiger partial charge >= 0.3 is 0 Å². The lowest BCUT2D eigenvalue weighted by molar-refractivity contribution is -0.132. The van der Waals surface area contributed by atoms with Gasteiger partial charge in [-0.3, -0.25) is 14.9 Å². The molecule has 8 heteroatoms. The van der Waals surface area contributed by atoms with Crippen LogP contribution in [0.2, 0.25) is 0 Å². The summed E-state index contributed by atoms with van der Waals surface area (Å²) in [5, 5.41) is 6.75. The first-order chi connectivity index (χ1) is 11.5. The van der Waals surface area contributed by atoms with Gasteiger partial charge in [-0.1, -0.05) is 33.1 Å². The topological polar surface area (TPSA) is 106 Å². The number of amides is 2. The van der Waals surface area contributed by atoms with E-state index in [0.29, 0.717) is 0 Å². The Morgan fingerprint density at radius 2 is 1.96 bits per heavy atom. The fourth-order valence-electron chi connectivity index (χ4n) is 2.69. The summed E-state index contributed by atoms with van der Waals surface area (Å²) in [6.45, 7) is 5.66. The van der Waals surface area contributed by atoms with Crippen LogP contribution in [0.1, 0.15) is 46.0 Å². The fraction of sp³-hybridized carbons (Fsp3) is 0.750. The molecule has 1 aliphatic rings. The fourth-order valence-corrected chi connectivity index (χ4v) is 2.69. The number of likely N-dealkylation sites (tertiary alicyclic amines) is 1. The number of aromatic nitrogens is 3. The maximum Gasteiger partial charge on any atom is 0.248 e. The second-order valence-corrected chi connectivity index (χ2v) is 6.46. The molecule has 2 unspecified atom stereocenters. The van der Waals surface area contributed by atoms with Crippen LogP contribution in [0, 0.1) is 5.92 Å². The minimum Gasteiger partial charge on any atom is -0.341 e. The Kier molecular flexibility index (Phi) is 6.72. The highest BCUT2D eigenvalue weighted by Gasteiger charge is 2.21. The predicted octanol–water partition coefficient (Wildman–Crippen LogP) is 0.993. The van der Waals surface area contributed by atoms with Crippen molar-refractivity contribution in [2.45, 2.75) is 58.5 Å². The van der Waals surface area contributed by atoms with E-state index in [0.717, 1.165) is 32.4 Å². The first-order valence-electron chi connectivity index (χ1n) is 8.75. The third-order valence-electron chi connectivity index (χ3n) is 4.59. The van der Waals surface area contributed by atoms with Crippen LogP contribution in [-0.2, 0) is 16.1 Å². The Bertz CT molecular complexity index is 551. The van der Waals surface area contributed by atoms with Gasteiger partial charge in [0, 0.05) is 13.1 Å². The zero-order chi connectivity index (χ0) is 17.5. The molecule has 1 saturated heterocycles. The molecule has 1 aliphatic heterocycles. The lowest BCUT2D eigenvalue weighted by Gasteiger charge is -2.19. The SMILES string of the molecule is CCC(C)C(N)C(=O)Nc1ncn(CC(=O)N2CCCCCC2)n1. The molecule has 1 fully saturated rings. The van der Waals surface area contributed by atoms with Crippen molar-refractivity contribution in [2.24, 2.45) is 11.7 Å². The molecule has 1 aromatic heterocycles. The number of rotatable bonds is 6. The minimum absolute atomic E-state index is 0.0379. The van der Waals surface area contributed by atoms with Crippen LogP contribution in [0.15, 0.2) is 6.33 Å². The second kappa shape index (κ2) is 8.77. The molecule has 0 saturated carbocycles. The average Bonchev–Trinajstić information content (AvgIpc) is 2.84. The van der Waals surface area contributed by atoms with Gasteiger partial charge < -0.3 is 10.6 Å². The molecule has 0 aliphatic carbocycles. The van der Waals surface area contributed by atoms with E-state index in [1.807, 2.05) is 18.7 Å². The number of hydrogen-bond donors (Lipinski definition) is 2. The molecule has 0 bridgehead atoms. The molecular weight excluding hydrogens is 308 g/mol. The molecule has 0 aromatic carbocycles. The van der Waals surface area contributed by atoms with Gasteiger partial charge in [-0.2, -0.15) is 0 Å². The van der Waals surface area contributed by atoms with Crippen LogP contribution in [-0.4, -0.2) is 50.6 Å². The summed E-state index contributed by atoms with van der Waals surface area (Å²) in [5.74, 6) is -0.00366. The molecule has 8 nitrogen and oxygen atoms in total. The summed E-state index contributed by atoms with van der Waals surface area (Å²) in [4.78, 5) is 30.3. The summed E-state index contributed by atoms with van der Waals surface area (Å²) in [6.07, 6.45) is 6.75. The van der Waals surface area contributed by atoms with Crippen molar-refractivity contribution in [1.82, 2.24) is 19.7 Å². The Morgan fingerprint density at radius 1 is 1.29 bits per heavy atom. The Morgan fingerprint density at radius 3 is 2.58 bits per heavy atom. The number of carbonyl (C=O) groups is 2. The lowest BCUT2D eigenvalue weighted by Crippen LogP contribution is -2.40. The van der Waals surface area contributed by atoms with E-state index < -0.39 is 6.04 Å². The van der Waals surface area contributed by atoms with Gasteiger partial charge in [0.25, 0.3) is 0 Å². The van der Waals surface area contributed by atoms with Gasteiger partial charge in [0.2, 0.25) is 17.8 Å². The van der Waals surface area contributed by atoms with Gasteiger partial charge in [-0.05, 0) is 18.8 Å². The highest BCUT2D eigenvalue weighted by molar-refractivity contribution is 5.93. The van der Waals surface area contributed by atoms with Crippen LogP contribution in [0.3, 0.4) is 0 Å². The smallest absolute Gasteiger partial charge is 0.248 e. The van der Waals surface area contributed by atoms with E-state index in [-0.39, 0.29) is 30.2 Å². The lowest BCUT2D eigenvalue weighted by atomic mass is 10.00. The van der Waals surface area contributed by atoms with Gasteiger partial charge in [-0.15, -0.1) is 5.10 Å². The van der Waals surface area contributed by atoms with Crippen LogP contribution in [0.5, 0.6) is 0 Å². The van der Waals surface area contributed by atoms with E-state index in [1.165, 1.54) is 23.9 Å². The number of nitrogens with two attached hydrogens (primary N) is 1. The molecule has 24 heavy (non-hydrogen) atoms. The Labute approximate surface area is 142 Å². The number of nitrogens with zero attached hydrogens (tertiary/aromatic N) is 4. The first kappa shape index (κ1) is 18.4. The van der Waals surface area contributed by atoms with Gasteiger partial charge in [0.05, 0.1) is 6.04 Å². The zero-order valence-corrected chi connectivity index (χ0v) is 14.6. The normalized spacial score (nSPS) is 17.9. The van der Waals surface area contributed by atoms with E-state index in [4.69, 9.17) is 5.73 Å². The van der Waals surface area contributed by atoms with Crippen LogP contribution in [0.4, 0.5) is 5.95 Å². The third-order valence-corrected chi connectivity index (χ3v) is 4.59. The van der Waals surface area contributed by atoms with Gasteiger partial charge in [-0.25, -0.2) is 9.67 Å². The molecule has 2 amide bonds. The van der Waals surface area contributed by atoms with Crippen LogP contribution >= 0.6 is 0 Å². The first-order valence-corrected chi connectivity index (χ1v) is 8.75. The van der Waals surface area contributed by atoms with Crippen molar-refractivity contribution in [1.29, 1.82) is 0 Å². The van der Waals surface area contributed by atoms with E-state index in [2.05, 4.69) is 15.4 Å². The Hall–Kier alpha value is -1.96. The van der Waals surface area contributed by atoms with Crippen LogP contribution in [0.25, 0.3) is 0 Å². The average molecular weight is 336 g/mol. The maximum atomic E-state index is 12.3. The molecule has 0 spiro atoms. The molecule has 1 aromatic rings. The highest BCUT2D eigenvalue weighted by Crippen LogP contribution is 2.11. The third kappa shape index (κ3) is 5.02. The van der Waals surface area contributed by atoms with Gasteiger partial charge in [0.15, 0.2) is 0 Å². The summed E-state index contributed by atoms with van der Waals surface area (Å²) < 4.78 is 1.46. The van der Waals surface area contributed by atoms with Crippen LogP contribution < -0.4 is 11.1 Å². The minimum atomic E-state index is -0.597. The molecule has 2 atom stereocenters. The highest BCUT2D eigenvalue weighted by atomic mass is 16.2. The van der Waals surface area contributed by atoms with Crippen molar-refractivity contribution in [3.05, 3.63) is 6.33 Å². The standard InChI is InChI=1S/C16H28N6O2/c1-3-12(2)14(17)15(24)19-16-18-11-22(20-16)10-13(23)21-8-6-4-5-7-9-21/h11-12,14H,3-10,17H2,1-2H3,(H,19,20,24). The summed E-state index contributed by atoms with van der Waals surface area (Å²) >= 11 is 0. The number of carbonyl (C=O) groups excluding carboxylic acids is 2. The Balaban J connectivity index is 1.88. The van der Waals surface area contributed by atoms with Gasteiger partial charge in [0.1, 0.15) is 12.9 Å². The van der Waals surface area contributed by atoms with Crippen molar-refractivity contribution in [3.8, 4) is 0 Å². The van der Waals surface area contributed by atoms with E-state index in [9.17, 15) is 9.59 Å². The number of anilines is 1. The van der Waals surface area contributed by atoms with E-state index in [1.54, 1.807) is 0 Å². The molecule has 2 heterocycles. The van der Waals surface area contributed by atoms with E-state index >= 15 is 0 Å². The second-order valence-electron chi connectivity index (χ2n) is 6.46. The molecule has 2 rings (SSSR count). The number of hydrogen-bond acceptors (Lipinski definition) is 5. The van der Waals surface area contributed by atoms with Crippen molar-refractivity contribution in [2.75, 3.05) is 18.4 Å². The molecule has 3 N–H and O–H groups in total. The van der Waals surface area contributed by atoms with Crippen molar-refractivity contribution < 1.29 is 9.59 Å². The summed E-state index contributed by atoms with van der Waals surface area (Å²) in [7, 11) is 0. The molecule has 134 valence electrons. The maximum absolute atomic E-state index is 12.3. The van der Waals surface area contributed by atoms with Crippen molar-refractivity contribution in [3.63, 3.8) is 0 Å². The monoisotopic (exact) mass is 336 g/mol. The summed E-state index contributed by atoms with van der Waals surface area (Å²) in [5.41, 5.74) is 5.88. The molecule has 0 radical (unpaired) electrons. The predicted molar refractivity (Wildman–Crippen MR) is 91.1 cm³/mol. The zero-order valence-electron chi connectivity index (χ0n) is 14.6.